The van der Waals surface area contributed by atoms with Crippen LogP contribution in [0.2, 0.25) is 0 Å². The zero-order chi connectivity index (χ0) is 21.1. The van der Waals surface area contributed by atoms with Gasteiger partial charge in [0.25, 0.3) is 5.91 Å². The van der Waals surface area contributed by atoms with Gasteiger partial charge in [-0.2, -0.15) is 0 Å². The predicted molar refractivity (Wildman–Crippen MR) is 126 cm³/mol. The highest BCUT2D eigenvalue weighted by molar-refractivity contribution is 7.15. The summed E-state index contributed by atoms with van der Waals surface area (Å²) in [5.41, 5.74) is 10.3. The lowest BCUT2D eigenvalue weighted by atomic mass is 10.0. The summed E-state index contributed by atoms with van der Waals surface area (Å²) in [7, 11) is 0. The molecule has 1 fully saturated rings. The van der Waals surface area contributed by atoms with E-state index < -0.39 is 0 Å². The highest BCUT2D eigenvalue weighted by Crippen LogP contribution is 2.31. The van der Waals surface area contributed by atoms with Gasteiger partial charge in [-0.05, 0) is 86.8 Å². The number of rotatable bonds is 6. The van der Waals surface area contributed by atoms with Crippen molar-refractivity contribution in [3.05, 3.63) is 76.2 Å². The fourth-order valence-electron chi connectivity index (χ4n) is 3.98. The lowest BCUT2D eigenvalue weighted by molar-refractivity contribution is 0.0939. The number of benzene rings is 2. The summed E-state index contributed by atoms with van der Waals surface area (Å²) in [5, 5.41) is 3.11. The molecule has 30 heavy (non-hydrogen) atoms. The average Bonchev–Trinajstić information content (AvgIpc) is 3.42. The van der Waals surface area contributed by atoms with E-state index in [9.17, 15) is 4.79 Å². The van der Waals surface area contributed by atoms with E-state index in [2.05, 4.69) is 46.6 Å². The molecule has 1 saturated heterocycles. The Morgan fingerprint density at radius 1 is 1.13 bits per heavy atom. The van der Waals surface area contributed by atoms with Crippen LogP contribution in [-0.2, 0) is 6.54 Å². The van der Waals surface area contributed by atoms with Crippen molar-refractivity contribution in [2.45, 2.75) is 39.3 Å². The number of anilines is 1. The first kappa shape index (κ1) is 20.6. The van der Waals surface area contributed by atoms with Gasteiger partial charge in [0.1, 0.15) is 0 Å². The molecule has 0 saturated carbocycles. The minimum atomic E-state index is -0.0956. The fraction of sp³-hybridized carbons (Fsp3) is 0.320. The minimum Gasteiger partial charge on any atom is -0.399 e. The van der Waals surface area contributed by atoms with Crippen LogP contribution < -0.4 is 11.1 Å². The van der Waals surface area contributed by atoms with Gasteiger partial charge in [-0.3, -0.25) is 9.69 Å². The van der Waals surface area contributed by atoms with Crippen LogP contribution in [0.1, 0.15) is 52.2 Å². The minimum absolute atomic E-state index is 0.0951. The third kappa shape index (κ3) is 4.74. The smallest absolute Gasteiger partial charge is 0.252 e. The van der Waals surface area contributed by atoms with Crippen molar-refractivity contribution in [1.29, 1.82) is 0 Å². The highest BCUT2D eigenvalue weighted by atomic mass is 32.1. The summed E-state index contributed by atoms with van der Waals surface area (Å²) in [6.45, 7) is 7.43. The molecule has 2 heterocycles. The number of thiophene rings is 1. The Balaban J connectivity index is 1.47. The second kappa shape index (κ2) is 9.02. The SMILES string of the molecule is Cc1ccc(N)cc1C(=O)NC(C)c1cccc(-c2ccc(CN3CCCC3)s2)c1. The average molecular weight is 420 g/mol. The Labute approximate surface area is 182 Å². The van der Waals surface area contributed by atoms with Crippen molar-refractivity contribution in [3.63, 3.8) is 0 Å². The predicted octanol–water partition coefficient (Wildman–Crippen LogP) is 5.39. The van der Waals surface area contributed by atoms with E-state index in [1.54, 1.807) is 6.07 Å². The third-order valence-electron chi connectivity index (χ3n) is 5.76. The summed E-state index contributed by atoms with van der Waals surface area (Å²) in [4.78, 5) is 18.0. The van der Waals surface area contributed by atoms with Crippen molar-refractivity contribution < 1.29 is 4.79 Å². The molecule has 4 nitrogen and oxygen atoms in total. The molecule has 0 spiro atoms. The molecule has 1 aromatic heterocycles. The van der Waals surface area contributed by atoms with E-state index in [-0.39, 0.29) is 11.9 Å². The van der Waals surface area contributed by atoms with Gasteiger partial charge in [0, 0.05) is 27.5 Å². The molecule has 0 radical (unpaired) electrons. The number of carbonyl (C=O) groups excluding carboxylic acids is 1. The number of nitrogens with one attached hydrogen (secondary N) is 1. The molecule has 1 amide bonds. The number of hydrogen-bond donors (Lipinski definition) is 2. The third-order valence-corrected chi connectivity index (χ3v) is 6.88. The Morgan fingerprint density at radius 3 is 2.73 bits per heavy atom. The van der Waals surface area contributed by atoms with Crippen molar-refractivity contribution in [2.75, 3.05) is 18.8 Å². The monoisotopic (exact) mass is 419 g/mol. The van der Waals surface area contributed by atoms with Gasteiger partial charge >= 0.3 is 0 Å². The van der Waals surface area contributed by atoms with E-state index in [1.807, 2.05) is 37.3 Å². The normalized spacial score (nSPS) is 15.3. The summed E-state index contributed by atoms with van der Waals surface area (Å²) in [5.74, 6) is -0.0956. The Hall–Kier alpha value is -2.63. The van der Waals surface area contributed by atoms with Gasteiger partial charge in [-0.25, -0.2) is 0 Å². The molecule has 1 atom stereocenters. The maximum Gasteiger partial charge on any atom is 0.252 e. The fourth-order valence-corrected chi connectivity index (χ4v) is 5.03. The lowest BCUT2D eigenvalue weighted by Gasteiger charge is -2.16. The molecule has 3 aromatic rings. The van der Waals surface area contributed by atoms with Crippen molar-refractivity contribution in [3.8, 4) is 10.4 Å². The standard InChI is InChI=1S/C25H29N3OS/c1-17-8-9-21(26)15-23(17)25(29)27-18(2)19-6-5-7-20(14-19)24-11-10-22(30-24)16-28-12-3-4-13-28/h5-11,14-15,18H,3-4,12-13,16,26H2,1-2H3,(H,27,29). The van der Waals surface area contributed by atoms with Gasteiger partial charge in [0.15, 0.2) is 0 Å². The number of nitrogens with two attached hydrogens (primary N) is 1. The van der Waals surface area contributed by atoms with E-state index in [1.165, 1.54) is 41.2 Å². The number of nitrogens with zero attached hydrogens (tertiary/aromatic N) is 1. The maximum absolute atomic E-state index is 12.8. The zero-order valence-electron chi connectivity index (χ0n) is 17.7. The first-order chi connectivity index (χ1) is 14.5. The summed E-state index contributed by atoms with van der Waals surface area (Å²) >= 11 is 1.86. The van der Waals surface area contributed by atoms with Gasteiger partial charge in [-0.15, -0.1) is 11.3 Å². The quantitative estimate of drug-likeness (QED) is 0.527. The van der Waals surface area contributed by atoms with Crippen LogP contribution >= 0.6 is 11.3 Å². The number of carbonyl (C=O) groups is 1. The summed E-state index contributed by atoms with van der Waals surface area (Å²) < 4.78 is 0. The van der Waals surface area contributed by atoms with Crippen LogP contribution in [0.25, 0.3) is 10.4 Å². The van der Waals surface area contributed by atoms with Crippen molar-refractivity contribution >= 4 is 22.9 Å². The Kier molecular flexibility index (Phi) is 6.21. The van der Waals surface area contributed by atoms with Crippen LogP contribution in [0.15, 0.2) is 54.6 Å². The number of hydrogen-bond acceptors (Lipinski definition) is 4. The van der Waals surface area contributed by atoms with Gasteiger partial charge in [0.2, 0.25) is 0 Å². The molecule has 1 unspecified atom stereocenters. The van der Waals surface area contributed by atoms with E-state index in [4.69, 9.17) is 5.73 Å². The zero-order valence-corrected chi connectivity index (χ0v) is 18.5. The summed E-state index contributed by atoms with van der Waals surface area (Å²) in [6.07, 6.45) is 2.64. The molecule has 4 rings (SSSR count). The van der Waals surface area contributed by atoms with Crippen LogP contribution in [0.4, 0.5) is 5.69 Å². The van der Waals surface area contributed by atoms with E-state index in [0.717, 1.165) is 17.7 Å². The number of amides is 1. The number of likely N-dealkylation sites (tertiary alicyclic amines) is 1. The van der Waals surface area contributed by atoms with Crippen LogP contribution in [0.3, 0.4) is 0 Å². The molecular weight excluding hydrogens is 390 g/mol. The van der Waals surface area contributed by atoms with Crippen molar-refractivity contribution in [1.82, 2.24) is 10.2 Å². The maximum atomic E-state index is 12.8. The molecular formula is C25H29N3OS. The summed E-state index contributed by atoms with van der Waals surface area (Å²) in [6, 6.07) is 18.3. The largest absolute Gasteiger partial charge is 0.399 e. The van der Waals surface area contributed by atoms with Gasteiger partial charge in [-0.1, -0.05) is 24.3 Å². The number of nitrogen functional groups attached to an aromatic ring is 1. The number of aryl methyl sites for hydroxylation is 1. The molecule has 5 heteroatoms. The first-order valence-corrected chi connectivity index (χ1v) is 11.4. The van der Waals surface area contributed by atoms with E-state index >= 15 is 0 Å². The second-order valence-electron chi connectivity index (χ2n) is 8.14. The molecule has 3 N–H and O–H groups in total. The molecule has 0 aliphatic carbocycles. The molecule has 0 bridgehead atoms. The van der Waals surface area contributed by atoms with E-state index in [0.29, 0.717) is 11.3 Å². The topological polar surface area (TPSA) is 58.4 Å². The first-order valence-electron chi connectivity index (χ1n) is 10.6. The second-order valence-corrected chi connectivity index (χ2v) is 9.31. The molecule has 1 aliphatic heterocycles. The van der Waals surface area contributed by atoms with Crippen molar-refractivity contribution in [2.24, 2.45) is 0 Å². The lowest BCUT2D eigenvalue weighted by Crippen LogP contribution is -2.27. The Morgan fingerprint density at radius 2 is 1.93 bits per heavy atom. The Bertz CT molecular complexity index is 1040. The molecule has 156 valence electrons. The van der Waals surface area contributed by atoms with Gasteiger partial charge < -0.3 is 11.1 Å². The van der Waals surface area contributed by atoms with Crippen LogP contribution in [-0.4, -0.2) is 23.9 Å². The van der Waals surface area contributed by atoms with Crippen LogP contribution in [0, 0.1) is 6.92 Å². The molecule has 2 aromatic carbocycles. The molecule has 1 aliphatic rings. The highest BCUT2D eigenvalue weighted by Gasteiger charge is 2.16. The van der Waals surface area contributed by atoms with Crippen LogP contribution in [0.5, 0.6) is 0 Å². The van der Waals surface area contributed by atoms with Gasteiger partial charge in [0.05, 0.1) is 6.04 Å².